The fraction of sp³-hybridized carbons (Fsp3) is 0.500. The van der Waals surface area contributed by atoms with Crippen molar-refractivity contribution >= 4 is 33.2 Å². The summed E-state index contributed by atoms with van der Waals surface area (Å²) in [5.41, 5.74) is 0. The van der Waals surface area contributed by atoms with Gasteiger partial charge in [0.15, 0.2) is 5.82 Å². The molecule has 5 nitrogen and oxygen atoms in total. The standard InChI is InChI=1S/C12H16Cl2FN3O2S/c13-9-1-2-10(11(14)12(9)15)21(19,20)17-5-8-18-6-3-16-4-7-18/h1-2,16-17H,3-8H2. The number of rotatable bonds is 5. The van der Waals surface area contributed by atoms with Crippen LogP contribution >= 0.6 is 23.2 Å². The summed E-state index contributed by atoms with van der Waals surface area (Å²) in [5, 5.41) is 2.52. The van der Waals surface area contributed by atoms with Crippen molar-refractivity contribution in [1.29, 1.82) is 0 Å². The van der Waals surface area contributed by atoms with E-state index in [1.807, 2.05) is 0 Å². The lowest BCUT2D eigenvalue weighted by molar-refractivity contribution is 0.245. The summed E-state index contributed by atoms with van der Waals surface area (Å²) in [6.07, 6.45) is 0. The molecule has 0 saturated carbocycles. The molecule has 0 atom stereocenters. The van der Waals surface area contributed by atoms with Crippen LogP contribution in [-0.2, 0) is 10.0 Å². The quantitative estimate of drug-likeness (QED) is 0.782. The lowest BCUT2D eigenvalue weighted by Crippen LogP contribution is -2.46. The Morgan fingerprint density at radius 2 is 1.95 bits per heavy atom. The summed E-state index contributed by atoms with van der Waals surface area (Å²) in [6.45, 7) is 4.36. The van der Waals surface area contributed by atoms with E-state index >= 15 is 0 Å². The second-order valence-electron chi connectivity index (χ2n) is 4.66. The minimum atomic E-state index is -3.85. The minimum Gasteiger partial charge on any atom is -0.314 e. The Hall–Kier alpha value is -0.440. The highest BCUT2D eigenvalue weighted by Crippen LogP contribution is 2.29. The number of piperazine rings is 1. The van der Waals surface area contributed by atoms with Crippen molar-refractivity contribution in [2.24, 2.45) is 0 Å². The van der Waals surface area contributed by atoms with Gasteiger partial charge in [-0.1, -0.05) is 23.2 Å². The zero-order chi connectivity index (χ0) is 15.5. The molecule has 0 aliphatic carbocycles. The fourth-order valence-electron chi connectivity index (χ4n) is 2.07. The van der Waals surface area contributed by atoms with Gasteiger partial charge in [0.1, 0.15) is 4.90 Å². The fourth-order valence-corrected chi connectivity index (χ4v) is 3.83. The summed E-state index contributed by atoms with van der Waals surface area (Å²) in [4.78, 5) is 1.84. The normalized spacial score (nSPS) is 17.1. The number of halogens is 3. The molecule has 1 aliphatic rings. The van der Waals surface area contributed by atoms with Crippen LogP contribution in [0.5, 0.6) is 0 Å². The SMILES string of the molecule is O=S(=O)(NCCN1CCNCC1)c1ccc(Cl)c(F)c1Cl. The van der Waals surface area contributed by atoms with E-state index in [0.717, 1.165) is 26.2 Å². The van der Waals surface area contributed by atoms with Gasteiger partial charge < -0.3 is 5.32 Å². The van der Waals surface area contributed by atoms with Gasteiger partial charge in [0.05, 0.1) is 10.0 Å². The molecule has 0 spiro atoms. The average Bonchev–Trinajstić information content (AvgIpc) is 2.45. The Labute approximate surface area is 133 Å². The molecule has 0 aromatic heterocycles. The van der Waals surface area contributed by atoms with E-state index in [-0.39, 0.29) is 16.5 Å². The minimum absolute atomic E-state index is 0.209. The highest BCUT2D eigenvalue weighted by atomic mass is 35.5. The van der Waals surface area contributed by atoms with Crippen molar-refractivity contribution in [3.8, 4) is 0 Å². The first kappa shape index (κ1) is 16.9. The van der Waals surface area contributed by atoms with Gasteiger partial charge in [0.25, 0.3) is 0 Å². The van der Waals surface area contributed by atoms with Crippen LogP contribution < -0.4 is 10.0 Å². The zero-order valence-electron chi connectivity index (χ0n) is 11.2. The largest absolute Gasteiger partial charge is 0.314 e. The van der Waals surface area contributed by atoms with Crippen LogP contribution in [0.25, 0.3) is 0 Å². The Balaban J connectivity index is 2.00. The molecular weight excluding hydrogens is 340 g/mol. The highest BCUT2D eigenvalue weighted by Gasteiger charge is 2.22. The molecule has 118 valence electrons. The molecule has 0 amide bonds. The van der Waals surface area contributed by atoms with Crippen LogP contribution in [0.4, 0.5) is 4.39 Å². The summed E-state index contributed by atoms with van der Waals surface area (Å²) >= 11 is 11.3. The monoisotopic (exact) mass is 355 g/mol. The van der Waals surface area contributed by atoms with Crippen molar-refractivity contribution < 1.29 is 12.8 Å². The predicted molar refractivity (Wildman–Crippen MR) is 80.9 cm³/mol. The Morgan fingerprint density at radius 3 is 2.62 bits per heavy atom. The topological polar surface area (TPSA) is 61.4 Å². The number of hydrogen-bond acceptors (Lipinski definition) is 4. The molecule has 9 heteroatoms. The summed E-state index contributed by atoms with van der Waals surface area (Å²) in [6, 6.07) is 2.37. The lowest BCUT2D eigenvalue weighted by Gasteiger charge is -2.27. The van der Waals surface area contributed by atoms with Gasteiger partial charge in [0.2, 0.25) is 10.0 Å². The van der Waals surface area contributed by atoms with Crippen LogP contribution in [0.3, 0.4) is 0 Å². The molecule has 1 heterocycles. The van der Waals surface area contributed by atoms with Crippen molar-refractivity contribution in [1.82, 2.24) is 14.9 Å². The molecule has 1 aromatic carbocycles. The second-order valence-corrected chi connectivity index (χ2v) is 7.18. The van der Waals surface area contributed by atoms with Gasteiger partial charge in [-0.2, -0.15) is 0 Å². The van der Waals surface area contributed by atoms with E-state index < -0.39 is 20.9 Å². The Kier molecular flexibility index (Phi) is 5.81. The number of hydrogen-bond donors (Lipinski definition) is 2. The first-order valence-corrected chi connectivity index (χ1v) is 8.72. The van der Waals surface area contributed by atoms with Crippen molar-refractivity contribution in [2.45, 2.75) is 4.90 Å². The predicted octanol–water partition coefficient (Wildman–Crippen LogP) is 1.32. The van der Waals surface area contributed by atoms with Crippen LogP contribution in [0, 0.1) is 5.82 Å². The van der Waals surface area contributed by atoms with Crippen molar-refractivity contribution in [2.75, 3.05) is 39.3 Å². The smallest absolute Gasteiger partial charge is 0.242 e. The molecule has 0 bridgehead atoms. The molecule has 2 rings (SSSR count). The Morgan fingerprint density at radius 1 is 1.29 bits per heavy atom. The third-order valence-corrected chi connectivity index (χ3v) is 5.50. The number of benzene rings is 1. The summed E-state index contributed by atoms with van der Waals surface area (Å²) < 4.78 is 40.2. The van der Waals surface area contributed by atoms with Gasteiger partial charge >= 0.3 is 0 Å². The third-order valence-electron chi connectivity index (χ3n) is 3.22. The summed E-state index contributed by atoms with van der Waals surface area (Å²) in [7, 11) is -3.85. The molecule has 21 heavy (non-hydrogen) atoms. The van der Waals surface area contributed by atoms with Gasteiger partial charge in [-0.15, -0.1) is 0 Å². The first-order valence-electron chi connectivity index (χ1n) is 6.48. The maximum atomic E-state index is 13.6. The number of sulfonamides is 1. The van der Waals surface area contributed by atoms with Gasteiger partial charge in [-0.3, -0.25) is 4.90 Å². The maximum absolute atomic E-state index is 13.6. The van der Waals surface area contributed by atoms with E-state index in [1.54, 1.807) is 0 Å². The molecule has 1 saturated heterocycles. The van der Waals surface area contributed by atoms with E-state index in [0.29, 0.717) is 6.54 Å². The van der Waals surface area contributed by atoms with E-state index in [4.69, 9.17) is 23.2 Å². The molecule has 0 unspecified atom stereocenters. The highest BCUT2D eigenvalue weighted by molar-refractivity contribution is 7.89. The maximum Gasteiger partial charge on any atom is 0.242 e. The first-order chi connectivity index (χ1) is 9.92. The molecule has 1 aliphatic heterocycles. The van der Waals surface area contributed by atoms with Crippen LogP contribution in [-0.4, -0.2) is 52.6 Å². The molecule has 2 N–H and O–H groups in total. The molecule has 1 aromatic rings. The number of nitrogens with zero attached hydrogens (tertiary/aromatic N) is 1. The Bertz CT molecular complexity index is 607. The summed E-state index contributed by atoms with van der Waals surface area (Å²) in [5.74, 6) is -0.927. The van der Waals surface area contributed by atoms with Crippen LogP contribution in [0.15, 0.2) is 17.0 Å². The van der Waals surface area contributed by atoms with Gasteiger partial charge in [-0.25, -0.2) is 17.5 Å². The van der Waals surface area contributed by atoms with E-state index in [2.05, 4.69) is 14.9 Å². The molecular formula is C12H16Cl2FN3O2S. The second kappa shape index (κ2) is 7.21. The van der Waals surface area contributed by atoms with Crippen molar-refractivity contribution in [3.63, 3.8) is 0 Å². The molecule has 0 radical (unpaired) electrons. The van der Waals surface area contributed by atoms with Crippen LogP contribution in [0.2, 0.25) is 10.0 Å². The van der Waals surface area contributed by atoms with Gasteiger partial charge in [-0.05, 0) is 12.1 Å². The van der Waals surface area contributed by atoms with Gasteiger partial charge in [0, 0.05) is 39.3 Å². The van der Waals surface area contributed by atoms with Crippen molar-refractivity contribution in [3.05, 3.63) is 28.0 Å². The molecule has 1 fully saturated rings. The van der Waals surface area contributed by atoms with E-state index in [1.165, 1.54) is 12.1 Å². The zero-order valence-corrected chi connectivity index (χ0v) is 13.5. The number of nitrogens with one attached hydrogen (secondary N) is 2. The van der Waals surface area contributed by atoms with E-state index in [9.17, 15) is 12.8 Å². The third kappa shape index (κ3) is 4.28. The van der Waals surface area contributed by atoms with Crippen LogP contribution in [0.1, 0.15) is 0 Å². The lowest BCUT2D eigenvalue weighted by atomic mass is 10.3. The average molecular weight is 356 g/mol.